The molecule has 1 fully saturated rings. The summed E-state index contributed by atoms with van der Waals surface area (Å²) in [6.07, 6.45) is 3.71. The van der Waals surface area contributed by atoms with E-state index in [9.17, 15) is 4.79 Å². The van der Waals surface area contributed by atoms with Crippen LogP contribution in [-0.2, 0) is 11.3 Å². The molecule has 6 nitrogen and oxygen atoms in total. The van der Waals surface area contributed by atoms with Crippen LogP contribution in [0.3, 0.4) is 0 Å². The summed E-state index contributed by atoms with van der Waals surface area (Å²) < 4.78 is 7.59. The second-order valence-electron chi connectivity index (χ2n) is 7.40. The van der Waals surface area contributed by atoms with Gasteiger partial charge in [-0.2, -0.15) is 0 Å². The van der Waals surface area contributed by atoms with Gasteiger partial charge in [-0.1, -0.05) is 48.2 Å². The molecule has 1 atom stereocenters. The summed E-state index contributed by atoms with van der Waals surface area (Å²) in [5.41, 5.74) is 1.14. The molecule has 0 aliphatic carbocycles. The average Bonchev–Trinajstić information content (AvgIpc) is 3.60. The zero-order chi connectivity index (χ0) is 21.0. The standard InChI is InChI=1S/C23H22N4O2S2/c28-21(26-12-4-9-18(26)20-11-6-14-30-20)16-31-23-25-24-22(19-10-5-13-29-19)27(23)15-17-7-2-1-3-8-17/h1-3,5-8,10-11,13-14,18H,4,9,12,15-16H2/t18-/m1/s1. The fourth-order valence-corrected chi connectivity index (χ4v) is 5.64. The van der Waals surface area contributed by atoms with Crippen LogP contribution >= 0.6 is 23.1 Å². The van der Waals surface area contributed by atoms with Crippen molar-refractivity contribution < 1.29 is 9.21 Å². The van der Waals surface area contributed by atoms with Gasteiger partial charge in [0.25, 0.3) is 0 Å². The molecule has 8 heteroatoms. The van der Waals surface area contributed by atoms with Crippen LogP contribution in [0, 0.1) is 0 Å². The Labute approximate surface area is 188 Å². The van der Waals surface area contributed by atoms with Gasteiger partial charge in [-0.15, -0.1) is 21.5 Å². The molecular weight excluding hydrogens is 428 g/mol. The first-order valence-electron chi connectivity index (χ1n) is 10.3. The van der Waals surface area contributed by atoms with E-state index >= 15 is 0 Å². The Hall–Kier alpha value is -2.84. The Morgan fingerprint density at radius 3 is 2.81 bits per heavy atom. The molecule has 0 saturated carbocycles. The zero-order valence-electron chi connectivity index (χ0n) is 16.9. The first kappa shape index (κ1) is 20.1. The quantitative estimate of drug-likeness (QED) is 0.366. The van der Waals surface area contributed by atoms with Crippen LogP contribution in [-0.4, -0.2) is 37.9 Å². The lowest BCUT2D eigenvalue weighted by Gasteiger charge is -2.23. The molecule has 3 aromatic heterocycles. The molecule has 0 bridgehead atoms. The smallest absolute Gasteiger partial charge is 0.233 e. The van der Waals surface area contributed by atoms with Crippen molar-refractivity contribution >= 4 is 29.0 Å². The molecule has 1 amide bonds. The summed E-state index contributed by atoms with van der Waals surface area (Å²) in [6, 6.07) is 18.3. The maximum Gasteiger partial charge on any atom is 0.233 e. The third kappa shape index (κ3) is 4.31. The largest absolute Gasteiger partial charge is 0.461 e. The van der Waals surface area contributed by atoms with E-state index in [-0.39, 0.29) is 11.9 Å². The monoisotopic (exact) mass is 450 g/mol. The second kappa shape index (κ2) is 9.11. The minimum Gasteiger partial charge on any atom is -0.461 e. The number of benzene rings is 1. The number of amides is 1. The van der Waals surface area contributed by atoms with Crippen LogP contribution in [0.4, 0.5) is 0 Å². The zero-order valence-corrected chi connectivity index (χ0v) is 18.5. The number of furan rings is 1. The van der Waals surface area contributed by atoms with E-state index in [1.807, 2.05) is 39.8 Å². The van der Waals surface area contributed by atoms with Gasteiger partial charge in [-0.25, -0.2) is 0 Å². The summed E-state index contributed by atoms with van der Waals surface area (Å²) in [6.45, 7) is 1.43. The number of thioether (sulfide) groups is 1. The van der Waals surface area contributed by atoms with Gasteiger partial charge in [-0.05, 0) is 42.0 Å². The van der Waals surface area contributed by atoms with E-state index in [2.05, 4.69) is 39.8 Å². The van der Waals surface area contributed by atoms with Crippen molar-refractivity contribution in [1.82, 2.24) is 19.7 Å². The van der Waals surface area contributed by atoms with Crippen LogP contribution in [0.5, 0.6) is 0 Å². The summed E-state index contributed by atoms with van der Waals surface area (Å²) in [5, 5.41) is 11.5. The lowest BCUT2D eigenvalue weighted by Crippen LogP contribution is -2.31. The molecule has 0 radical (unpaired) electrons. The van der Waals surface area contributed by atoms with Crippen molar-refractivity contribution in [3.8, 4) is 11.6 Å². The van der Waals surface area contributed by atoms with Crippen LogP contribution in [0.25, 0.3) is 11.6 Å². The molecular formula is C23H22N4O2S2. The van der Waals surface area contributed by atoms with E-state index in [1.165, 1.54) is 16.6 Å². The highest BCUT2D eigenvalue weighted by molar-refractivity contribution is 7.99. The SMILES string of the molecule is O=C(CSc1nnc(-c2ccco2)n1Cc1ccccc1)N1CCC[C@@H]1c1cccs1. The van der Waals surface area contributed by atoms with Crippen molar-refractivity contribution in [2.45, 2.75) is 30.6 Å². The summed E-state index contributed by atoms with van der Waals surface area (Å²) in [7, 11) is 0. The predicted molar refractivity (Wildman–Crippen MR) is 122 cm³/mol. The highest BCUT2D eigenvalue weighted by Gasteiger charge is 2.30. The Balaban J connectivity index is 1.35. The number of carbonyl (C=O) groups excluding carboxylic acids is 1. The lowest BCUT2D eigenvalue weighted by atomic mass is 10.2. The highest BCUT2D eigenvalue weighted by atomic mass is 32.2. The summed E-state index contributed by atoms with van der Waals surface area (Å²) >= 11 is 3.16. The number of hydrogen-bond acceptors (Lipinski definition) is 6. The Bertz CT molecular complexity index is 1120. The van der Waals surface area contributed by atoms with E-state index in [4.69, 9.17) is 4.42 Å². The highest BCUT2D eigenvalue weighted by Crippen LogP contribution is 2.35. The number of aromatic nitrogens is 3. The molecule has 0 unspecified atom stereocenters. The Morgan fingerprint density at radius 1 is 1.13 bits per heavy atom. The number of thiophene rings is 1. The number of rotatable bonds is 7. The topological polar surface area (TPSA) is 64.2 Å². The first-order chi connectivity index (χ1) is 15.3. The van der Waals surface area contributed by atoms with Gasteiger partial charge >= 0.3 is 0 Å². The van der Waals surface area contributed by atoms with Crippen LogP contribution in [0.2, 0.25) is 0 Å². The molecule has 0 N–H and O–H groups in total. The van der Waals surface area contributed by atoms with Gasteiger partial charge in [0.15, 0.2) is 10.9 Å². The minimum absolute atomic E-state index is 0.148. The van der Waals surface area contributed by atoms with Gasteiger partial charge in [0, 0.05) is 11.4 Å². The van der Waals surface area contributed by atoms with Gasteiger partial charge < -0.3 is 9.32 Å². The maximum absolute atomic E-state index is 13.1. The van der Waals surface area contributed by atoms with Crippen LogP contribution < -0.4 is 0 Å². The first-order valence-corrected chi connectivity index (χ1v) is 12.1. The number of carbonyl (C=O) groups is 1. The average molecular weight is 451 g/mol. The third-order valence-corrected chi connectivity index (χ3v) is 7.34. The number of likely N-dealkylation sites (tertiary alicyclic amines) is 1. The molecule has 4 aromatic rings. The van der Waals surface area contributed by atoms with E-state index in [0.717, 1.165) is 30.1 Å². The third-order valence-electron chi connectivity index (χ3n) is 5.41. The molecule has 0 spiro atoms. The molecule has 1 aromatic carbocycles. The van der Waals surface area contributed by atoms with E-state index in [1.54, 1.807) is 17.6 Å². The van der Waals surface area contributed by atoms with Gasteiger partial charge in [0.2, 0.25) is 11.7 Å². The molecule has 1 aliphatic heterocycles. The summed E-state index contributed by atoms with van der Waals surface area (Å²) in [5.74, 6) is 1.82. The van der Waals surface area contributed by atoms with E-state index in [0.29, 0.717) is 23.9 Å². The van der Waals surface area contributed by atoms with Crippen molar-refractivity contribution in [3.63, 3.8) is 0 Å². The fourth-order valence-electron chi connectivity index (χ4n) is 3.94. The van der Waals surface area contributed by atoms with E-state index < -0.39 is 0 Å². The lowest BCUT2D eigenvalue weighted by molar-refractivity contribution is -0.129. The predicted octanol–water partition coefficient (Wildman–Crippen LogP) is 5.10. The Morgan fingerprint density at radius 2 is 2.03 bits per heavy atom. The molecule has 4 heterocycles. The second-order valence-corrected chi connectivity index (χ2v) is 9.33. The number of hydrogen-bond donors (Lipinski definition) is 0. The minimum atomic E-state index is 0.148. The van der Waals surface area contributed by atoms with Crippen molar-refractivity contribution in [2.75, 3.05) is 12.3 Å². The normalized spacial score (nSPS) is 16.1. The molecule has 5 rings (SSSR count). The van der Waals surface area contributed by atoms with Gasteiger partial charge in [0.05, 0.1) is 24.6 Å². The van der Waals surface area contributed by atoms with Crippen molar-refractivity contribution in [1.29, 1.82) is 0 Å². The van der Waals surface area contributed by atoms with Crippen LogP contribution in [0.1, 0.15) is 29.3 Å². The van der Waals surface area contributed by atoms with Crippen LogP contribution in [0.15, 0.2) is 75.8 Å². The molecule has 1 saturated heterocycles. The molecule has 1 aliphatic rings. The number of nitrogens with zero attached hydrogens (tertiary/aromatic N) is 4. The molecule has 31 heavy (non-hydrogen) atoms. The van der Waals surface area contributed by atoms with Crippen molar-refractivity contribution in [2.24, 2.45) is 0 Å². The van der Waals surface area contributed by atoms with Crippen molar-refractivity contribution in [3.05, 3.63) is 76.7 Å². The summed E-state index contributed by atoms with van der Waals surface area (Å²) in [4.78, 5) is 16.3. The Kier molecular flexibility index (Phi) is 5.90. The maximum atomic E-state index is 13.1. The van der Waals surface area contributed by atoms with Gasteiger partial charge in [0.1, 0.15) is 0 Å². The van der Waals surface area contributed by atoms with Gasteiger partial charge in [-0.3, -0.25) is 9.36 Å². The molecule has 158 valence electrons. The fraction of sp³-hybridized carbons (Fsp3) is 0.261.